The molecule has 1 atom stereocenters. The molecule has 0 radical (unpaired) electrons. The zero-order valence-electron chi connectivity index (χ0n) is 23.7. The van der Waals surface area contributed by atoms with Crippen molar-refractivity contribution in [3.8, 4) is 0 Å². The Labute approximate surface area is 218 Å². The highest BCUT2D eigenvalue weighted by atomic mass is 28.4. The molecule has 36 heavy (non-hydrogen) atoms. The Morgan fingerprint density at radius 3 is 2.19 bits per heavy atom. The monoisotopic (exact) mass is 519 g/mol. The van der Waals surface area contributed by atoms with E-state index in [1.165, 1.54) is 13.2 Å². The molecule has 0 fully saturated rings. The van der Waals surface area contributed by atoms with Crippen molar-refractivity contribution in [1.82, 2.24) is 0 Å². The van der Waals surface area contributed by atoms with Crippen molar-refractivity contribution < 1.29 is 28.3 Å². The second kappa shape index (κ2) is 15.5. The van der Waals surface area contributed by atoms with E-state index in [2.05, 4.69) is 33.9 Å². The molecule has 0 aliphatic heterocycles. The number of amides is 1. The van der Waals surface area contributed by atoms with Crippen molar-refractivity contribution >= 4 is 26.0 Å². The van der Waals surface area contributed by atoms with Crippen LogP contribution in [0.5, 0.6) is 0 Å². The normalized spacial score (nSPS) is 15.3. The fourth-order valence-electron chi connectivity index (χ4n) is 2.70. The van der Waals surface area contributed by atoms with Gasteiger partial charge in [-0.2, -0.15) is 0 Å². The number of carbonyl (C=O) groups is 3. The lowest BCUT2D eigenvalue weighted by atomic mass is 10.0. The van der Waals surface area contributed by atoms with Gasteiger partial charge in [0.1, 0.15) is 6.79 Å². The van der Waals surface area contributed by atoms with Gasteiger partial charge in [0.05, 0.1) is 24.4 Å². The van der Waals surface area contributed by atoms with Gasteiger partial charge in [-0.1, -0.05) is 50.6 Å². The molecule has 0 rings (SSSR count). The van der Waals surface area contributed by atoms with Gasteiger partial charge >= 0.3 is 5.97 Å². The summed E-state index contributed by atoms with van der Waals surface area (Å²) in [6.07, 6.45) is 11.3. The maximum Gasteiger partial charge on any atom is 0.337 e. The maximum atomic E-state index is 12.8. The molecule has 0 saturated heterocycles. The Kier molecular flexibility index (Phi) is 14.4. The van der Waals surface area contributed by atoms with E-state index in [1.54, 1.807) is 39.0 Å². The van der Waals surface area contributed by atoms with E-state index in [0.29, 0.717) is 24.0 Å². The molecule has 0 aromatic rings. The Bertz CT molecular complexity index is 932. The van der Waals surface area contributed by atoms with Crippen molar-refractivity contribution in [3.05, 3.63) is 58.7 Å². The van der Waals surface area contributed by atoms with Gasteiger partial charge in [-0.15, -0.1) is 0 Å². The molecule has 0 bridgehead atoms. The summed E-state index contributed by atoms with van der Waals surface area (Å²) in [6, 6.07) is 0. The van der Waals surface area contributed by atoms with Crippen LogP contribution < -0.4 is 5.73 Å². The highest BCUT2D eigenvalue weighted by Crippen LogP contribution is 2.36. The number of hydrogen-bond donors (Lipinski definition) is 1. The quantitative estimate of drug-likeness (QED) is 0.0461. The first kappa shape index (κ1) is 33.4. The molecule has 7 nitrogen and oxygen atoms in total. The summed E-state index contributed by atoms with van der Waals surface area (Å²) in [5.41, 5.74) is 7.20. The van der Waals surface area contributed by atoms with Gasteiger partial charge in [0.2, 0.25) is 0 Å². The van der Waals surface area contributed by atoms with E-state index in [4.69, 9.17) is 19.6 Å². The van der Waals surface area contributed by atoms with Gasteiger partial charge < -0.3 is 19.6 Å². The number of methoxy groups -OCH3 is 1. The molecular weight excluding hydrogens is 474 g/mol. The molecule has 0 saturated carbocycles. The summed E-state index contributed by atoms with van der Waals surface area (Å²) in [7, 11) is -0.620. The Balaban J connectivity index is 5.07. The topological polar surface area (TPSA) is 105 Å². The Morgan fingerprint density at radius 2 is 1.69 bits per heavy atom. The molecule has 0 heterocycles. The molecule has 0 spiro atoms. The van der Waals surface area contributed by atoms with Crippen LogP contribution in [0.1, 0.15) is 61.3 Å². The minimum absolute atomic E-state index is 0.0500. The first-order chi connectivity index (χ1) is 16.6. The van der Waals surface area contributed by atoms with E-state index in [-0.39, 0.29) is 23.4 Å². The lowest BCUT2D eigenvalue weighted by Crippen LogP contribution is -2.41. The number of nitrogens with two attached hydrogens (primary N) is 1. The smallest absolute Gasteiger partial charge is 0.337 e. The standard InChI is InChI=1S/C28H45NO6Si/c1-11-23(27(32)33-8)17-20(2)15-13-12-14-16-21(3)25(30)24(26(29)31)18-22(4)34-19-35-36(9,10)28(5,6)7/h11,13,15-18,22H,12,14,19H2,1-10H3,(H2,29,31)/b15-13+,20-17+,21-16+,23-11+,24-18+/t22-/m1/s1. The van der Waals surface area contributed by atoms with Crippen LogP contribution in [-0.2, 0) is 28.3 Å². The van der Waals surface area contributed by atoms with Crippen LogP contribution in [0.25, 0.3) is 0 Å². The molecular formula is C28H45NO6Si. The van der Waals surface area contributed by atoms with Crippen LogP contribution in [0.15, 0.2) is 58.7 Å². The van der Waals surface area contributed by atoms with Gasteiger partial charge in [0, 0.05) is 0 Å². The summed E-state index contributed by atoms with van der Waals surface area (Å²) < 4.78 is 16.4. The SMILES string of the molecule is C\C=C(/C=C(C)/C=C/CC/C=C(\C)C(=O)/C(=C\[C@@H](C)OCO[Si](C)(C)C(C)(C)C)C(N)=O)C(=O)OC. The van der Waals surface area contributed by atoms with Gasteiger partial charge in [-0.05, 0) is 76.4 Å². The van der Waals surface area contributed by atoms with Gasteiger partial charge in [-0.25, -0.2) is 4.79 Å². The predicted molar refractivity (Wildman–Crippen MR) is 148 cm³/mol. The van der Waals surface area contributed by atoms with Gasteiger partial charge in [-0.3, -0.25) is 9.59 Å². The molecule has 202 valence electrons. The van der Waals surface area contributed by atoms with Crippen LogP contribution in [0, 0.1) is 0 Å². The van der Waals surface area contributed by atoms with Crippen LogP contribution in [0.2, 0.25) is 18.1 Å². The Hall–Kier alpha value is -2.55. The number of carbonyl (C=O) groups excluding carboxylic acids is 3. The summed E-state index contributed by atoms with van der Waals surface area (Å²) in [5.74, 6) is -1.60. The van der Waals surface area contributed by atoms with E-state index in [9.17, 15) is 14.4 Å². The summed E-state index contributed by atoms with van der Waals surface area (Å²) >= 11 is 0. The first-order valence-corrected chi connectivity index (χ1v) is 15.1. The molecule has 0 aliphatic carbocycles. The van der Waals surface area contributed by atoms with Crippen molar-refractivity contribution in [2.75, 3.05) is 13.9 Å². The summed E-state index contributed by atoms with van der Waals surface area (Å²) in [4.78, 5) is 36.4. The number of ether oxygens (including phenoxy) is 2. The fraction of sp³-hybridized carbons (Fsp3) is 0.536. The van der Waals surface area contributed by atoms with Crippen molar-refractivity contribution in [1.29, 1.82) is 0 Å². The molecule has 0 aromatic carbocycles. The average molecular weight is 520 g/mol. The second-order valence-corrected chi connectivity index (χ2v) is 15.0. The second-order valence-electron chi connectivity index (χ2n) is 10.2. The summed E-state index contributed by atoms with van der Waals surface area (Å²) in [5, 5.41) is 0.0500. The number of allylic oxidation sites excluding steroid dienone is 6. The van der Waals surface area contributed by atoms with Crippen molar-refractivity contribution in [3.63, 3.8) is 0 Å². The molecule has 0 aliphatic rings. The number of esters is 1. The minimum Gasteiger partial charge on any atom is -0.465 e. The van der Waals surface area contributed by atoms with Crippen molar-refractivity contribution in [2.45, 2.75) is 85.5 Å². The third-order valence-electron chi connectivity index (χ3n) is 6.11. The third kappa shape index (κ3) is 11.9. The van der Waals surface area contributed by atoms with E-state index >= 15 is 0 Å². The zero-order valence-corrected chi connectivity index (χ0v) is 24.7. The largest absolute Gasteiger partial charge is 0.465 e. The fourth-order valence-corrected chi connectivity index (χ4v) is 3.50. The molecule has 1 amide bonds. The molecule has 8 heteroatoms. The first-order valence-electron chi connectivity index (χ1n) is 12.2. The number of Topliss-reactive ketones (excluding diaryl/α,β-unsaturated/α-hetero) is 1. The van der Waals surface area contributed by atoms with Crippen LogP contribution in [-0.4, -0.2) is 46.0 Å². The summed E-state index contributed by atoms with van der Waals surface area (Å²) in [6.45, 7) is 17.8. The van der Waals surface area contributed by atoms with Crippen LogP contribution in [0.3, 0.4) is 0 Å². The minimum atomic E-state index is -1.97. The van der Waals surface area contributed by atoms with Gasteiger partial charge in [0.15, 0.2) is 14.1 Å². The number of ketones is 1. The Morgan fingerprint density at radius 1 is 1.08 bits per heavy atom. The predicted octanol–water partition coefficient (Wildman–Crippen LogP) is 5.70. The van der Waals surface area contributed by atoms with Crippen molar-refractivity contribution in [2.24, 2.45) is 5.73 Å². The highest BCUT2D eigenvalue weighted by Gasteiger charge is 2.37. The number of rotatable bonds is 14. The highest BCUT2D eigenvalue weighted by molar-refractivity contribution is 6.74. The number of hydrogen-bond acceptors (Lipinski definition) is 6. The average Bonchev–Trinajstić information content (AvgIpc) is 2.78. The molecule has 0 unspecified atom stereocenters. The van der Waals surface area contributed by atoms with E-state index in [0.717, 1.165) is 5.57 Å². The van der Waals surface area contributed by atoms with E-state index < -0.39 is 26.1 Å². The maximum absolute atomic E-state index is 12.8. The molecule has 2 N–H and O–H groups in total. The van der Waals surface area contributed by atoms with Crippen LogP contribution >= 0.6 is 0 Å². The van der Waals surface area contributed by atoms with Gasteiger partial charge in [0.25, 0.3) is 5.91 Å². The number of primary amides is 1. The third-order valence-corrected chi connectivity index (χ3v) is 10.6. The lowest BCUT2D eigenvalue weighted by molar-refractivity contribution is -0.135. The number of unbranched alkanes of at least 4 members (excludes halogenated alkanes) is 1. The zero-order chi connectivity index (χ0) is 28.1. The van der Waals surface area contributed by atoms with Crippen LogP contribution in [0.4, 0.5) is 0 Å². The van der Waals surface area contributed by atoms with E-state index in [1.807, 2.05) is 19.1 Å². The molecule has 0 aromatic heterocycles. The lowest BCUT2D eigenvalue weighted by Gasteiger charge is -2.36.